The third-order valence-corrected chi connectivity index (χ3v) is 8.82. The van der Waals surface area contributed by atoms with E-state index in [1.54, 1.807) is 43.3 Å². The quantitative estimate of drug-likeness (QED) is 0.363. The van der Waals surface area contributed by atoms with Crippen molar-refractivity contribution in [1.82, 2.24) is 10.2 Å². The standard InChI is InChI=1S/C31H37N3O6S/c1-5-23(3)32-31(36)24(4)33(20-25-11-9-10-22(2)18-25)30(35)21-34(41(37,38)27-12-7-6-8-13-27)26-14-15-28-29(19-26)40-17-16-39-28/h6-15,18-19,23-24H,5,16-17,20-21H2,1-4H3,(H,32,36). The zero-order valence-corrected chi connectivity index (χ0v) is 24.7. The molecule has 2 atom stereocenters. The summed E-state index contributed by atoms with van der Waals surface area (Å²) in [5.74, 6) is 0.0667. The lowest BCUT2D eigenvalue weighted by Gasteiger charge is -2.32. The van der Waals surface area contributed by atoms with Gasteiger partial charge in [0.15, 0.2) is 11.5 Å². The summed E-state index contributed by atoms with van der Waals surface area (Å²) in [4.78, 5) is 28.7. The van der Waals surface area contributed by atoms with Crippen LogP contribution < -0.4 is 19.1 Å². The van der Waals surface area contributed by atoms with Gasteiger partial charge in [0.05, 0.1) is 10.6 Å². The first-order chi connectivity index (χ1) is 19.6. The minimum atomic E-state index is -4.17. The predicted octanol–water partition coefficient (Wildman–Crippen LogP) is 4.29. The molecule has 0 aromatic heterocycles. The Balaban J connectivity index is 1.73. The van der Waals surface area contributed by atoms with E-state index in [-0.39, 0.29) is 29.1 Å². The summed E-state index contributed by atoms with van der Waals surface area (Å²) < 4.78 is 40.3. The maximum atomic E-state index is 14.1. The van der Waals surface area contributed by atoms with Crippen LogP contribution >= 0.6 is 0 Å². The van der Waals surface area contributed by atoms with Gasteiger partial charge in [0.25, 0.3) is 10.0 Å². The molecule has 0 aliphatic carbocycles. The summed E-state index contributed by atoms with van der Waals surface area (Å²) in [6.07, 6.45) is 0.734. The van der Waals surface area contributed by atoms with Gasteiger partial charge in [0, 0.05) is 18.7 Å². The molecule has 1 aliphatic heterocycles. The van der Waals surface area contributed by atoms with Gasteiger partial charge >= 0.3 is 0 Å². The van der Waals surface area contributed by atoms with E-state index < -0.39 is 28.5 Å². The van der Waals surface area contributed by atoms with Crippen molar-refractivity contribution < 1.29 is 27.5 Å². The van der Waals surface area contributed by atoms with Gasteiger partial charge in [-0.15, -0.1) is 0 Å². The molecule has 0 spiro atoms. The second-order valence-corrected chi connectivity index (χ2v) is 12.0. The Morgan fingerprint density at radius 3 is 2.32 bits per heavy atom. The van der Waals surface area contributed by atoms with Crippen LogP contribution in [0.4, 0.5) is 5.69 Å². The molecule has 218 valence electrons. The highest BCUT2D eigenvalue weighted by atomic mass is 32.2. The molecule has 0 bridgehead atoms. The Bertz CT molecular complexity index is 1480. The van der Waals surface area contributed by atoms with Gasteiger partial charge in [0.1, 0.15) is 25.8 Å². The van der Waals surface area contributed by atoms with Crippen molar-refractivity contribution in [3.8, 4) is 11.5 Å². The number of sulfonamides is 1. The van der Waals surface area contributed by atoms with Crippen molar-refractivity contribution in [1.29, 1.82) is 0 Å². The first-order valence-electron chi connectivity index (χ1n) is 13.7. The number of nitrogens with zero attached hydrogens (tertiary/aromatic N) is 2. The van der Waals surface area contributed by atoms with E-state index in [0.29, 0.717) is 24.7 Å². The maximum Gasteiger partial charge on any atom is 0.264 e. The largest absolute Gasteiger partial charge is 0.486 e. The van der Waals surface area contributed by atoms with Crippen LogP contribution in [0.1, 0.15) is 38.3 Å². The van der Waals surface area contributed by atoms with Crippen LogP contribution in [0.5, 0.6) is 11.5 Å². The number of hydrogen-bond donors (Lipinski definition) is 1. The SMILES string of the molecule is CCC(C)NC(=O)C(C)N(Cc1cccc(C)c1)C(=O)CN(c1ccc2c(c1)OCCO2)S(=O)(=O)c1ccccc1. The third-order valence-electron chi connectivity index (χ3n) is 7.03. The van der Waals surface area contributed by atoms with Crippen LogP contribution in [0.15, 0.2) is 77.7 Å². The van der Waals surface area contributed by atoms with Crippen molar-refractivity contribution in [2.45, 2.75) is 57.6 Å². The van der Waals surface area contributed by atoms with E-state index in [1.165, 1.54) is 17.0 Å². The molecule has 0 fully saturated rings. The van der Waals surface area contributed by atoms with E-state index in [9.17, 15) is 18.0 Å². The minimum absolute atomic E-state index is 0.0375. The number of hydrogen-bond acceptors (Lipinski definition) is 6. The highest BCUT2D eigenvalue weighted by molar-refractivity contribution is 7.92. The van der Waals surface area contributed by atoms with Crippen molar-refractivity contribution in [3.05, 3.63) is 83.9 Å². The number of benzene rings is 3. The van der Waals surface area contributed by atoms with Gasteiger partial charge in [-0.05, 0) is 57.0 Å². The molecule has 4 rings (SSSR count). The van der Waals surface area contributed by atoms with Crippen molar-refractivity contribution in [2.75, 3.05) is 24.1 Å². The Morgan fingerprint density at radius 1 is 0.927 bits per heavy atom. The molecule has 2 unspecified atom stereocenters. The summed E-state index contributed by atoms with van der Waals surface area (Å²) in [5.41, 5.74) is 2.09. The van der Waals surface area contributed by atoms with Crippen LogP contribution in [-0.4, -0.2) is 57.0 Å². The summed E-state index contributed by atoms with van der Waals surface area (Å²) >= 11 is 0. The average molecular weight is 580 g/mol. The zero-order chi connectivity index (χ0) is 29.6. The summed E-state index contributed by atoms with van der Waals surface area (Å²) in [7, 11) is -4.17. The summed E-state index contributed by atoms with van der Waals surface area (Å²) in [6.45, 7) is 7.80. The second kappa shape index (κ2) is 13.1. The molecular weight excluding hydrogens is 542 g/mol. The van der Waals surface area contributed by atoms with Crippen LogP contribution in [0.2, 0.25) is 0 Å². The second-order valence-electron chi connectivity index (χ2n) is 10.2. The fraction of sp³-hybridized carbons (Fsp3) is 0.355. The van der Waals surface area contributed by atoms with Crippen LogP contribution in [0.3, 0.4) is 0 Å². The summed E-state index contributed by atoms with van der Waals surface area (Å²) in [5, 5.41) is 2.94. The number of rotatable bonds is 11. The number of carbonyl (C=O) groups excluding carboxylic acids is 2. The van der Waals surface area contributed by atoms with E-state index >= 15 is 0 Å². The van der Waals surface area contributed by atoms with Crippen molar-refractivity contribution in [3.63, 3.8) is 0 Å². The molecule has 0 saturated heterocycles. The number of ether oxygens (including phenoxy) is 2. The smallest absolute Gasteiger partial charge is 0.264 e. The van der Waals surface area contributed by atoms with Crippen molar-refractivity contribution >= 4 is 27.5 Å². The van der Waals surface area contributed by atoms with Crippen LogP contribution in [0, 0.1) is 6.92 Å². The minimum Gasteiger partial charge on any atom is -0.486 e. The number of carbonyl (C=O) groups is 2. The highest BCUT2D eigenvalue weighted by Crippen LogP contribution is 2.36. The van der Waals surface area contributed by atoms with Gasteiger partial charge in [0.2, 0.25) is 11.8 Å². The lowest BCUT2D eigenvalue weighted by Crippen LogP contribution is -2.52. The topological polar surface area (TPSA) is 105 Å². The molecule has 10 heteroatoms. The number of nitrogens with one attached hydrogen (secondary N) is 1. The molecule has 1 aliphatic rings. The highest BCUT2D eigenvalue weighted by Gasteiger charge is 2.33. The first-order valence-corrected chi connectivity index (χ1v) is 15.2. The van der Waals surface area contributed by atoms with E-state index in [4.69, 9.17) is 9.47 Å². The molecule has 41 heavy (non-hydrogen) atoms. The Hall–Kier alpha value is -4.05. The van der Waals surface area contributed by atoms with Gasteiger partial charge in [-0.2, -0.15) is 0 Å². The average Bonchev–Trinajstić information content (AvgIpc) is 2.98. The van der Waals surface area contributed by atoms with Gasteiger partial charge in [-0.1, -0.05) is 55.0 Å². The fourth-order valence-electron chi connectivity index (χ4n) is 4.49. The van der Waals surface area contributed by atoms with E-state index in [2.05, 4.69) is 5.32 Å². The molecule has 0 radical (unpaired) electrons. The lowest BCUT2D eigenvalue weighted by molar-refractivity contribution is -0.139. The molecule has 1 heterocycles. The summed E-state index contributed by atoms with van der Waals surface area (Å²) in [6, 6.07) is 19.5. The Morgan fingerprint density at radius 2 is 1.63 bits per heavy atom. The Kier molecular flexibility index (Phi) is 9.54. The predicted molar refractivity (Wildman–Crippen MR) is 157 cm³/mol. The van der Waals surface area contributed by atoms with Gasteiger partial charge in [-0.3, -0.25) is 13.9 Å². The normalized spacial score (nSPS) is 14.0. The molecule has 0 saturated carbocycles. The molecule has 2 amide bonds. The molecule has 3 aromatic carbocycles. The molecule has 9 nitrogen and oxygen atoms in total. The van der Waals surface area contributed by atoms with E-state index in [1.807, 2.05) is 45.0 Å². The first kappa shape index (κ1) is 29.9. The van der Waals surface area contributed by atoms with Crippen LogP contribution in [-0.2, 0) is 26.2 Å². The Labute approximate surface area is 242 Å². The molecule has 3 aromatic rings. The molecule has 1 N–H and O–H groups in total. The van der Waals surface area contributed by atoms with Gasteiger partial charge < -0.3 is 19.7 Å². The number of anilines is 1. The van der Waals surface area contributed by atoms with E-state index in [0.717, 1.165) is 21.9 Å². The number of amides is 2. The van der Waals surface area contributed by atoms with Crippen molar-refractivity contribution in [2.24, 2.45) is 0 Å². The molecular formula is C31H37N3O6S. The number of aryl methyl sites for hydroxylation is 1. The number of fused-ring (bicyclic) bond motifs is 1. The maximum absolute atomic E-state index is 14.1. The third kappa shape index (κ3) is 7.18. The lowest BCUT2D eigenvalue weighted by atomic mass is 10.1. The fourth-order valence-corrected chi connectivity index (χ4v) is 5.92. The zero-order valence-electron chi connectivity index (χ0n) is 23.9. The van der Waals surface area contributed by atoms with Crippen LogP contribution in [0.25, 0.3) is 0 Å². The monoisotopic (exact) mass is 579 g/mol. The van der Waals surface area contributed by atoms with Gasteiger partial charge in [-0.25, -0.2) is 8.42 Å².